The fourth-order valence-corrected chi connectivity index (χ4v) is 2.69. The molecule has 2 atom stereocenters. The minimum atomic E-state index is -0.909. The third-order valence-electron chi connectivity index (χ3n) is 4.04. The number of nitrogens with one attached hydrogen (secondary N) is 1. The monoisotopic (exact) mass is 285 g/mol. The van der Waals surface area contributed by atoms with E-state index in [-0.39, 0.29) is 11.9 Å². The summed E-state index contributed by atoms with van der Waals surface area (Å²) in [6.07, 6.45) is 1.64. The second-order valence-corrected chi connectivity index (χ2v) is 5.35. The molecule has 2 amide bonds. The van der Waals surface area contributed by atoms with Gasteiger partial charge in [0.25, 0.3) is 0 Å². The first kappa shape index (κ1) is 16.8. The largest absolute Gasteiger partial charge is 0.480 e. The topological polar surface area (TPSA) is 72.9 Å². The van der Waals surface area contributed by atoms with Crippen molar-refractivity contribution in [1.82, 2.24) is 15.1 Å². The van der Waals surface area contributed by atoms with Gasteiger partial charge < -0.3 is 20.2 Å². The molecule has 1 rings (SSSR count). The molecule has 0 aromatic heterocycles. The quantitative estimate of drug-likeness (QED) is 0.690. The first-order valence-electron chi connectivity index (χ1n) is 7.50. The van der Waals surface area contributed by atoms with Crippen molar-refractivity contribution in [3.05, 3.63) is 0 Å². The van der Waals surface area contributed by atoms with E-state index in [1.807, 2.05) is 6.92 Å². The molecule has 1 fully saturated rings. The smallest absolute Gasteiger partial charge is 0.326 e. The first-order chi connectivity index (χ1) is 9.51. The van der Waals surface area contributed by atoms with Crippen LogP contribution in [-0.2, 0) is 4.79 Å². The molecule has 0 radical (unpaired) electrons. The van der Waals surface area contributed by atoms with Gasteiger partial charge in [0.15, 0.2) is 0 Å². The highest BCUT2D eigenvalue weighted by atomic mass is 16.4. The summed E-state index contributed by atoms with van der Waals surface area (Å²) in [4.78, 5) is 27.0. The number of aliphatic carboxylic acids is 1. The Hall–Kier alpha value is -1.30. The van der Waals surface area contributed by atoms with Crippen molar-refractivity contribution in [2.75, 3.05) is 32.7 Å². The van der Waals surface area contributed by atoms with Crippen LogP contribution in [0.5, 0.6) is 0 Å². The van der Waals surface area contributed by atoms with Gasteiger partial charge in [-0.1, -0.05) is 20.8 Å². The highest BCUT2D eigenvalue weighted by molar-refractivity contribution is 5.83. The van der Waals surface area contributed by atoms with E-state index in [0.717, 1.165) is 32.5 Å². The lowest BCUT2D eigenvalue weighted by molar-refractivity contribution is -0.142. The van der Waals surface area contributed by atoms with Crippen molar-refractivity contribution in [1.29, 1.82) is 0 Å². The minimum absolute atomic E-state index is 0.0222. The van der Waals surface area contributed by atoms with Crippen LogP contribution in [0.2, 0.25) is 0 Å². The second kappa shape index (κ2) is 8.09. The summed E-state index contributed by atoms with van der Waals surface area (Å²) in [6.45, 7) is 10.2. The highest BCUT2D eigenvalue weighted by Crippen LogP contribution is 2.23. The fraction of sp³-hybridized carbons (Fsp3) is 0.857. The maximum absolute atomic E-state index is 12.0. The highest BCUT2D eigenvalue weighted by Gasteiger charge is 2.39. The SMILES string of the molecule is CCN(CC)CCCNC(=O)N1CCC(C)C1C(=O)O. The zero-order valence-corrected chi connectivity index (χ0v) is 12.8. The Morgan fingerprint density at radius 2 is 2.00 bits per heavy atom. The molecule has 0 aromatic carbocycles. The molecule has 1 aliphatic heterocycles. The summed E-state index contributed by atoms with van der Waals surface area (Å²) in [5.74, 6) is -0.887. The van der Waals surface area contributed by atoms with Gasteiger partial charge in [0, 0.05) is 13.1 Å². The van der Waals surface area contributed by atoms with Gasteiger partial charge in [0.1, 0.15) is 6.04 Å². The average Bonchev–Trinajstić information content (AvgIpc) is 2.80. The summed E-state index contributed by atoms with van der Waals surface area (Å²) in [5, 5.41) is 12.0. The van der Waals surface area contributed by atoms with Gasteiger partial charge in [-0.25, -0.2) is 9.59 Å². The van der Waals surface area contributed by atoms with Gasteiger partial charge in [0.05, 0.1) is 0 Å². The van der Waals surface area contributed by atoms with Crippen molar-refractivity contribution in [3.8, 4) is 0 Å². The molecule has 0 spiro atoms. The number of likely N-dealkylation sites (tertiary alicyclic amines) is 1. The number of carboxylic acids is 1. The number of amides is 2. The first-order valence-corrected chi connectivity index (χ1v) is 7.50. The molecule has 116 valence electrons. The van der Waals surface area contributed by atoms with Gasteiger partial charge in [0.2, 0.25) is 0 Å². The molecule has 0 aromatic rings. The zero-order valence-electron chi connectivity index (χ0n) is 12.8. The van der Waals surface area contributed by atoms with Crippen molar-refractivity contribution in [3.63, 3.8) is 0 Å². The second-order valence-electron chi connectivity index (χ2n) is 5.35. The van der Waals surface area contributed by atoms with Crippen LogP contribution < -0.4 is 5.32 Å². The minimum Gasteiger partial charge on any atom is -0.480 e. The van der Waals surface area contributed by atoms with E-state index >= 15 is 0 Å². The average molecular weight is 285 g/mol. The predicted molar refractivity (Wildman–Crippen MR) is 77.7 cm³/mol. The number of carboxylic acid groups (broad SMARTS) is 1. The van der Waals surface area contributed by atoms with Gasteiger partial charge in [-0.15, -0.1) is 0 Å². The van der Waals surface area contributed by atoms with Crippen molar-refractivity contribution < 1.29 is 14.7 Å². The summed E-state index contributed by atoms with van der Waals surface area (Å²) < 4.78 is 0. The molecule has 1 saturated heterocycles. The molecule has 2 unspecified atom stereocenters. The van der Waals surface area contributed by atoms with Crippen LogP contribution in [-0.4, -0.2) is 65.7 Å². The Morgan fingerprint density at radius 3 is 2.55 bits per heavy atom. The lowest BCUT2D eigenvalue weighted by atomic mass is 10.0. The van der Waals surface area contributed by atoms with Gasteiger partial charge in [-0.3, -0.25) is 0 Å². The maximum Gasteiger partial charge on any atom is 0.326 e. The molecule has 6 nitrogen and oxygen atoms in total. The summed E-state index contributed by atoms with van der Waals surface area (Å²) in [7, 11) is 0. The molecular formula is C14H27N3O3. The van der Waals surface area contributed by atoms with Crippen molar-refractivity contribution in [2.24, 2.45) is 5.92 Å². The number of carbonyl (C=O) groups excluding carboxylic acids is 1. The normalized spacial score (nSPS) is 22.3. The van der Waals surface area contributed by atoms with Crippen LogP contribution in [0, 0.1) is 5.92 Å². The van der Waals surface area contributed by atoms with E-state index in [4.69, 9.17) is 0 Å². The number of carbonyl (C=O) groups is 2. The lowest BCUT2D eigenvalue weighted by Gasteiger charge is -2.24. The van der Waals surface area contributed by atoms with Crippen LogP contribution in [0.4, 0.5) is 4.79 Å². The fourth-order valence-electron chi connectivity index (χ4n) is 2.69. The lowest BCUT2D eigenvalue weighted by Crippen LogP contribution is -2.48. The van der Waals surface area contributed by atoms with Crippen molar-refractivity contribution >= 4 is 12.0 Å². The van der Waals surface area contributed by atoms with E-state index in [0.29, 0.717) is 13.1 Å². The Morgan fingerprint density at radius 1 is 1.35 bits per heavy atom. The summed E-state index contributed by atoms with van der Waals surface area (Å²) in [5.41, 5.74) is 0. The zero-order chi connectivity index (χ0) is 15.1. The Labute approximate surface area is 121 Å². The number of hydrogen-bond donors (Lipinski definition) is 2. The van der Waals surface area contributed by atoms with Crippen LogP contribution in [0.3, 0.4) is 0 Å². The van der Waals surface area contributed by atoms with Crippen LogP contribution in [0.15, 0.2) is 0 Å². The molecule has 1 heterocycles. The number of urea groups is 1. The molecule has 0 aliphatic carbocycles. The Balaban J connectivity index is 2.34. The van der Waals surface area contributed by atoms with Gasteiger partial charge >= 0.3 is 12.0 Å². The van der Waals surface area contributed by atoms with E-state index < -0.39 is 12.0 Å². The molecule has 20 heavy (non-hydrogen) atoms. The molecule has 0 saturated carbocycles. The number of nitrogens with zero attached hydrogens (tertiary/aromatic N) is 2. The molecule has 6 heteroatoms. The molecule has 2 N–H and O–H groups in total. The number of rotatable bonds is 7. The predicted octanol–water partition coefficient (Wildman–Crippen LogP) is 1.22. The standard InChI is InChI=1S/C14H27N3O3/c1-4-16(5-2)9-6-8-15-14(20)17-10-7-11(3)12(17)13(18)19/h11-12H,4-10H2,1-3H3,(H,15,20)(H,18,19). The van der Waals surface area contributed by atoms with Gasteiger partial charge in [-0.05, 0) is 38.4 Å². The van der Waals surface area contributed by atoms with Crippen LogP contribution in [0.25, 0.3) is 0 Å². The van der Waals surface area contributed by atoms with Gasteiger partial charge in [-0.2, -0.15) is 0 Å². The Bertz CT molecular complexity index is 332. The third-order valence-corrected chi connectivity index (χ3v) is 4.04. The Kier molecular flexibility index (Phi) is 6.78. The van der Waals surface area contributed by atoms with Crippen LogP contribution in [0.1, 0.15) is 33.6 Å². The van der Waals surface area contributed by atoms with E-state index in [2.05, 4.69) is 24.1 Å². The van der Waals surface area contributed by atoms with Crippen molar-refractivity contribution in [2.45, 2.75) is 39.7 Å². The molecular weight excluding hydrogens is 258 g/mol. The number of hydrogen-bond acceptors (Lipinski definition) is 3. The van der Waals surface area contributed by atoms with Crippen LogP contribution >= 0.6 is 0 Å². The maximum atomic E-state index is 12.0. The third kappa shape index (κ3) is 4.37. The van der Waals surface area contributed by atoms with E-state index in [9.17, 15) is 14.7 Å². The van der Waals surface area contributed by atoms with E-state index in [1.54, 1.807) is 0 Å². The summed E-state index contributed by atoms with van der Waals surface area (Å²) in [6, 6.07) is -0.931. The van der Waals surface area contributed by atoms with E-state index in [1.165, 1.54) is 4.90 Å². The summed E-state index contributed by atoms with van der Waals surface area (Å²) >= 11 is 0. The molecule has 0 bridgehead atoms. The molecule has 1 aliphatic rings.